The quantitative estimate of drug-likeness (QED) is 0.735. The zero-order valence-electron chi connectivity index (χ0n) is 16.6. The van der Waals surface area contributed by atoms with E-state index in [1.165, 1.54) is 17.0 Å². The van der Waals surface area contributed by atoms with Gasteiger partial charge in [-0.1, -0.05) is 24.3 Å². The Morgan fingerprint density at radius 3 is 2.73 bits per heavy atom. The number of hydrogen-bond acceptors (Lipinski definition) is 2. The summed E-state index contributed by atoms with van der Waals surface area (Å²) in [7, 11) is 0. The van der Waals surface area contributed by atoms with E-state index in [1.807, 2.05) is 34.9 Å². The summed E-state index contributed by atoms with van der Waals surface area (Å²) >= 11 is 0. The van der Waals surface area contributed by atoms with Crippen molar-refractivity contribution in [2.45, 2.75) is 25.4 Å². The van der Waals surface area contributed by atoms with E-state index in [1.54, 1.807) is 12.1 Å². The van der Waals surface area contributed by atoms with E-state index < -0.39 is 0 Å². The first-order valence-electron chi connectivity index (χ1n) is 10.4. The van der Waals surface area contributed by atoms with Crippen molar-refractivity contribution in [2.24, 2.45) is 5.92 Å². The van der Waals surface area contributed by atoms with Crippen LogP contribution in [-0.2, 0) is 13.1 Å². The molecule has 3 atom stereocenters. The van der Waals surface area contributed by atoms with E-state index in [-0.39, 0.29) is 11.4 Å². The fourth-order valence-electron chi connectivity index (χ4n) is 5.18. The average Bonchev–Trinajstić information content (AvgIpc) is 2.76. The number of pyridine rings is 1. The van der Waals surface area contributed by atoms with Gasteiger partial charge < -0.3 is 9.47 Å². The van der Waals surface area contributed by atoms with Gasteiger partial charge in [-0.25, -0.2) is 4.39 Å². The van der Waals surface area contributed by atoms with Crippen LogP contribution in [0.25, 0.3) is 11.1 Å². The van der Waals surface area contributed by atoms with Gasteiger partial charge in [0.2, 0.25) is 0 Å². The molecule has 1 fully saturated rings. The van der Waals surface area contributed by atoms with Crippen molar-refractivity contribution in [3.63, 3.8) is 0 Å². The number of piperidine rings is 1. The van der Waals surface area contributed by atoms with Crippen LogP contribution in [0.3, 0.4) is 0 Å². The first-order chi connectivity index (χ1) is 14.6. The molecule has 0 saturated carbocycles. The Bertz CT molecular complexity index is 1190. The predicted molar refractivity (Wildman–Crippen MR) is 113 cm³/mol. The van der Waals surface area contributed by atoms with Gasteiger partial charge in [-0.3, -0.25) is 4.79 Å². The highest BCUT2D eigenvalue weighted by molar-refractivity contribution is 5.64. The summed E-state index contributed by atoms with van der Waals surface area (Å²) in [5.74, 6) is 0.624. The Labute approximate surface area is 174 Å². The van der Waals surface area contributed by atoms with Gasteiger partial charge >= 0.3 is 0 Å². The molecule has 1 saturated heterocycles. The number of nitrogens with one attached hydrogen (secondary N) is 1. The van der Waals surface area contributed by atoms with E-state index in [2.05, 4.69) is 12.1 Å². The Balaban J connectivity index is 1.43. The molecule has 1 aromatic heterocycles. The molecule has 150 valence electrons. The van der Waals surface area contributed by atoms with E-state index in [0.717, 1.165) is 49.4 Å². The molecule has 5 heteroatoms. The van der Waals surface area contributed by atoms with Crippen LogP contribution in [0, 0.1) is 23.1 Å². The molecule has 4 nitrogen and oxygen atoms in total. The number of likely N-dealkylation sites (tertiary alicyclic amines) is 1. The molecule has 1 N–H and O–H groups in total. The standard InChI is InChI=1S/C25H22FN3O/c26-22-6-4-17(5-7-22)13-28-14-19-11-21(16-28)24-9-8-23(25(30)29(24)15-19)20-3-1-2-18(10-20)12-27/h1-10,19,21H,11,13-16H2/p+1/t19-,21+/m0/s1. The van der Waals surface area contributed by atoms with Gasteiger partial charge in [-0.15, -0.1) is 0 Å². The molecule has 2 aromatic carbocycles. The van der Waals surface area contributed by atoms with Crippen molar-refractivity contribution < 1.29 is 9.29 Å². The van der Waals surface area contributed by atoms with Gasteiger partial charge in [-0.2, -0.15) is 5.26 Å². The summed E-state index contributed by atoms with van der Waals surface area (Å²) in [5.41, 5.74) is 4.33. The molecule has 2 aliphatic heterocycles. The van der Waals surface area contributed by atoms with Crippen LogP contribution >= 0.6 is 0 Å². The highest BCUT2D eigenvalue weighted by Crippen LogP contribution is 2.31. The van der Waals surface area contributed by atoms with Gasteiger partial charge in [0.1, 0.15) is 12.4 Å². The Morgan fingerprint density at radius 1 is 1.10 bits per heavy atom. The van der Waals surface area contributed by atoms with Crippen molar-refractivity contribution in [1.29, 1.82) is 5.26 Å². The maximum atomic E-state index is 13.3. The number of benzene rings is 2. The maximum Gasteiger partial charge on any atom is 0.258 e. The second-order valence-electron chi connectivity index (χ2n) is 8.54. The number of rotatable bonds is 3. The van der Waals surface area contributed by atoms with Crippen LogP contribution < -0.4 is 10.5 Å². The minimum atomic E-state index is -0.200. The fraction of sp³-hybridized carbons (Fsp3) is 0.280. The van der Waals surface area contributed by atoms with Crippen molar-refractivity contribution >= 4 is 0 Å². The highest BCUT2D eigenvalue weighted by atomic mass is 19.1. The number of nitrogens with zero attached hydrogens (tertiary/aromatic N) is 2. The van der Waals surface area contributed by atoms with Gasteiger partial charge in [0.25, 0.3) is 5.56 Å². The molecule has 0 spiro atoms. The lowest BCUT2D eigenvalue weighted by Crippen LogP contribution is -3.13. The summed E-state index contributed by atoms with van der Waals surface area (Å²) in [6, 6.07) is 20.2. The Kier molecular flexibility index (Phi) is 4.72. The monoisotopic (exact) mass is 400 g/mol. The zero-order chi connectivity index (χ0) is 20.7. The Morgan fingerprint density at radius 2 is 1.93 bits per heavy atom. The predicted octanol–water partition coefficient (Wildman–Crippen LogP) is 2.73. The molecule has 2 bridgehead atoms. The molecule has 3 aromatic rings. The molecule has 0 amide bonds. The summed E-state index contributed by atoms with van der Waals surface area (Å²) < 4.78 is 15.2. The molecular formula is C25H23FN3O+. The lowest BCUT2D eigenvalue weighted by atomic mass is 9.82. The topological polar surface area (TPSA) is 50.2 Å². The third-order valence-corrected chi connectivity index (χ3v) is 6.47. The van der Waals surface area contributed by atoms with Crippen molar-refractivity contribution in [3.05, 3.63) is 93.7 Å². The Hall–Kier alpha value is -3.23. The smallest absolute Gasteiger partial charge is 0.258 e. The fourth-order valence-corrected chi connectivity index (χ4v) is 5.18. The van der Waals surface area contributed by atoms with Crippen LogP contribution in [0.2, 0.25) is 0 Å². The van der Waals surface area contributed by atoms with Crippen LogP contribution in [0.5, 0.6) is 0 Å². The van der Waals surface area contributed by atoms with Gasteiger partial charge in [0, 0.05) is 35.2 Å². The van der Waals surface area contributed by atoms with Crippen molar-refractivity contribution in [3.8, 4) is 17.2 Å². The first-order valence-corrected chi connectivity index (χ1v) is 10.4. The zero-order valence-corrected chi connectivity index (χ0v) is 16.6. The molecule has 5 rings (SSSR count). The summed E-state index contributed by atoms with van der Waals surface area (Å²) in [5, 5.41) is 9.17. The maximum absolute atomic E-state index is 13.3. The summed E-state index contributed by atoms with van der Waals surface area (Å²) in [6.07, 6.45) is 1.12. The SMILES string of the molecule is N#Cc1cccc(-c2ccc3n(c2=O)C[C@H]2C[C@@H]3C[NH+](Cc3ccc(F)cc3)C2)c1. The van der Waals surface area contributed by atoms with E-state index in [4.69, 9.17) is 5.26 Å². The minimum Gasteiger partial charge on any atom is -0.330 e. The van der Waals surface area contributed by atoms with Crippen LogP contribution in [0.15, 0.2) is 65.5 Å². The van der Waals surface area contributed by atoms with Gasteiger partial charge in [0.15, 0.2) is 0 Å². The van der Waals surface area contributed by atoms with Gasteiger partial charge in [0.05, 0.1) is 24.7 Å². The number of fused-ring (bicyclic) bond motifs is 4. The summed E-state index contributed by atoms with van der Waals surface area (Å²) in [6.45, 7) is 3.63. The largest absolute Gasteiger partial charge is 0.330 e. The van der Waals surface area contributed by atoms with Gasteiger partial charge in [-0.05, 0) is 48.4 Å². The van der Waals surface area contributed by atoms with Crippen LogP contribution in [0.1, 0.15) is 29.2 Å². The normalized spacial score (nSPS) is 22.2. The minimum absolute atomic E-state index is 0.0410. The van der Waals surface area contributed by atoms with E-state index in [0.29, 0.717) is 23.0 Å². The number of quaternary nitrogens is 1. The lowest BCUT2D eigenvalue weighted by Gasteiger charge is -2.40. The van der Waals surface area contributed by atoms with E-state index >= 15 is 0 Å². The molecule has 0 aliphatic carbocycles. The molecule has 1 unspecified atom stereocenters. The number of hydrogen-bond donors (Lipinski definition) is 1. The molecular weight excluding hydrogens is 377 g/mol. The highest BCUT2D eigenvalue weighted by Gasteiger charge is 2.37. The number of nitriles is 1. The average molecular weight is 400 g/mol. The third-order valence-electron chi connectivity index (χ3n) is 6.47. The molecule has 2 aliphatic rings. The second-order valence-corrected chi connectivity index (χ2v) is 8.54. The number of halogens is 1. The first kappa shape index (κ1) is 18.8. The third kappa shape index (κ3) is 3.44. The van der Waals surface area contributed by atoms with Crippen molar-refractivity contribution in [1.82, 2.24) is 4.57 Å². The summed E-state index contributed by atoms with van der Waals surface area (Å²) in [4.78, 5) is 14.8. The molecule has 3 heterocycles. The van der Waals surface area contributed by atoms with Crippen molar-refractivity contribution in [2.75, 3.05) is 13.1 Å². The molecule has 0 radical (unpaired) electrons. The van der Waals surface area contributed by atoms with Crippen LogP contribution in [-0.4, -0.2) is 17.7 Å². The second kappa shape index (κ2) is 7.55. The number of aromatic nitrogens is 1. The van der Waals surface area contributed by atoms with E-state index in [9.17, 15) is 9.18 Å². The van der Waals surface area contributed by atoms with Crippen LogP contribution in [0.4, 0.5) is 4.39 Å². The molecule has 30 heavy (non-hydrogen) atoms. The lowest BCUT2D eigenvalue weighted by molar-refractivity contribution is -0.924.